The number of hydrogen-bond acceptors (Lipinski definition) is 5. The molecular weight excluding hydrogens is 344 g/mol. The Bertz CT molecular complexity index is 996. The van der Waals surface area contributed by atoms with Crippen molar-refractivity contribution in [1.82, 2.24) is 10.3 Å². The van der Waals surface area contributed by atoms with E-state index in [9.17, 15) is 13.2 Å². The zero-order valence-corrected chi connectivity index (χ0v) is 14.2. The summed E-state index contributed by atoms with van der Waals surface area (Å²) < 4.78 is 35.2. The van der Waals surface area contributed by atoms with Crippen molar-refractivity contribution < 1.29 is 22.4 Å². The Morgan fingerprint density at radius 2 is 1.88 bits per heavy atom. The molecule has 8 heteroatoms. The smallest absolute Gasteiger partial charge is 0.301 e. The lowest BCUT2D eigenvalue weighted by atomic mass is 10.2. The van der Waals surface area contributed by atoms with Gasteiger partial charge in [-0.1, -0.05) is 30.3 Å². The summed E-state index contributed by atoms with van der Waals surface area (Å²) in [5.41, 5.74) is 2.57. The van der Waals surface area contributed by atoms with Crippen molar-refractivity contribution in [3.8, 4) is 5.75 Å². The predicted molar refractivity (Wildman–Crippen MR) is 91.6 cm³/mol. The van der Waals surface area contributed by atoms with Crippen LogP contribution in [0.2, 0.25) is 0 Å². The number of rotatable bonds is 6. The highest BCUT2D eigenvalue weighted by atomic mass is 32.2. The number of fused-ring (bicyclic) bond motifs is 1. The molecule has 0 bridgehead atoms. The van der Waals surface area contributed by atoms with E-state index >= 15 is 0 Å². The minimum Gasteiger partial charge on any atom is -0.490 e. The Morgan fingerprint density at radius 1 is 1.12 bits per heavy atom. The maximum Gasteiger partial charge on any atom is 0.301 e. The van der Waals surface area contributed by atoms with Crippen LogP contribution in [-0.2, 0) is 10.0 Å². The third-order valence-corrected chi connectivity index (χ3v) is 4.65. The summed E-state index contributed by atoms with van der Waals surface area (Å²) in [6, 6.07) is 14.5. The van der Waals surface area contributed by atoms with Crippen LogP contribution in [0.5, 0.6) is 5.75 Å². The number of sulfonamides is 1. The molecule has 0 spiro atoms. The predicted octanol–water partition coefficient (Wildman–Crippen LogP) is 2.45. The Morgan fingerprint density at radius 3 is 2.60 bits per heavy atom. The van der Waals surface area contributed by atoms with Gasteiger partial charge in [0, 0.05) is 5.39 Å². The van der Waals surface area contributed by atoms with E-state index in [-0.39, 0.29) is 10.7 Å². The number of para-hydroxylation sites is 1. The molecular formula is C17H16N2O5S. The maximum atomic E-state index is 12.2. The van der Waals surface area contributed by atoms with Gasteiger partial charge in [-0.3, -0.25) is 10.2 Å². The fraction of sp³-hybridized carbons (Fsp3) is 0.118. The molecule has 0 fully saturated rings. The number of carbonyl (C=O) groups excluding carboxylic acids is 1. The van der Waals surface area contributed by atoms with Gasteiger partial charge in [0.25, 0.3) is 10.0 Å². The topological polar surface area (TPSA) is 97.6 Å². The molecule has 3 aromatic rings. The lowest BCUT2D eigenvalue weighted by Gasteiger charge is -2.07. The SMILES string of the molecule is CCOc1cccc2cc(C(=O)NNS(=O)(=O)c3ccccc3)oc12. The molecule has 1 aromatic heterocycles. The van der Waals surface area contributed by atoms with E-state index in [1.54, 1.807) is 36.4 Å². The molecule has 0 atom stereocenters. The fourth-order valence-electron chi connectivity index (χ4n) is 2.25. The number of hydrogen-bond donors (Lipinski definition) is 2. The Hall–Kier alpha value is -2.84. The lowest BCUT2D eigenvalue weighted by Crippen LogP contribution is -2.41. The summed E-state index contributed by atoms with van der Waals surface area (Å²) in [5.74, 6) is -0.222. The van der Waals surface area contributed by atoms with Gasteiger partial charge < -0.3 is 9.15 Å². The van der Waals surface area contributed by atoms with Gasteiger partial charge in [-0.2, -0.15) is 0 Å². The first kappa shape index (κ1) is 17.0. The largest absolute Gasteiger partial charge is 0.490 e. The van der Waals surface area contributed by atoms with E-state index in [0.717, 1.165) is 0 Å². The van der Waals surface area contributed by atoms with Crippen LogP contribution in [0.25, 0.3) is 11.0 Å². The fourth-order valence-corrected chi connectivity index (χ4v) is 3.11. The van der Waals surface area contributed by atoms with Gasteiger partial charge in [-0.05, 0) is 31.2 Å². The quantitative estimate of drug-likeness (QED) is 0.658. The molecule has 25 heavy (non-hydrogen) atoms. The molecule has 0 aliphatic heterocycles. The van der Waals surface area contributed by atoms with Gasteiger partial charge >= 0.3 is 5.91 Å². The van der Waals surface area contributed by atoms with E-state index in [4.69, 9.17) is 9.15 Å². The van der Waals surface area contributed by atoms with Crippen LogP contribution in [0.4, 0.5) is 0 Å². The van der Waals surface area contributed by atoms with Crippen molar-refractivity contribution in [2.45, 2.75) is 11.8 Å². The van der Waals surface area contributed by atoms with Crippen LogP contribution >= 0.6 is 0 Å². The second kappa shape index (κ2) is 6.96. The first-order valence-corrected chi connectivity index (χ1v) is 9.02. The minimum atomic E-state index is -3.86. The van der Waals surface area contributed by atoms with E-state index in [1.807, 2.05) is 11.8 Å². The molecule has 130 valence electrons. The van der Waals surface area contributed by atoms with E-state index in [0.29, 0.717) is 23.3 Å². The molecule has 7 nitrogen and oxygen atoms in total. The summed E-state index contributed by atoms with van der Waals surface area (Å²) in [6.45, 7) is 2.30. The molecule has 0 saturated carbocycles. The minimum absolute atomic E-state index is 0.0297. The second-order valence-electron chi connectivity index (χ2n) is 5.09. The van der Waals surface area contributed by atoms with Crippen LogP contribution in [0.1, 0.15) is 17.5 Å². The average molecular weight is 360 g/mol. The number of amides is 1. The normalized spacial score (nSPS) is 11.4. The molecule has 0 saturated heterocycles. The van der Waals surface area contributed by atoms with E-state index in [1.165, 1.54) is 18.2 Å². The van der Waals surface area contributed by atoms with Crippen molar-refractivity contribution in [3.63, 3.8) is 0 Å². The van der Waals surface area contributed by atoms with Crippen molar-refractivity contribution in [3.05, 3.63) is 60.4 Å². The third kappa shape index (κ3) is 3.65. The van der Waals surface area contributed by atoms with Gasteiger partial charge in [-0.15, -0.1) is 4.83 Å². The Kier molecular flexibility index (Phi) is 4.73. The number of nitrogens with one attached hydrogen (secondary N) is 2. The molecule has 0 aliphatic carbocycles. The first-order valence-electron chi connectivity index (χ1n) is 7.54. The molecule has 0 unspecified atom stereocenters. The van der Waals surface area contributed by atoms with Gasteiger partial charge in [0.2, 0.25) is 0 Å². The van der Waals surface area contributed by atoms with Crippen LogP contribution in [0, 0.1) is 0 Å². The average Bonchev–Trinajstić information content (AvgIpc) is 3.06. The van der Waals surface area contributed by atoms with Gasteiger partial charge in [0.15, 0.2) is 17.1 Å². The zero-order valence-electron chi connectivity index (χ0n) is 13.4. The highest BCUT2D eigenvalue weighted by molar-refractivity contribution is 7.89. The maximum absolute atomic E-state index is 12.2. The molecule has 2 aromatic carbocycles. The monoisotopic (exact) mass is 360 g/mol. The molecule has 0 radical (unpaired) electrons. The summed E-state index contributed by atoms with van der Waals surface area (Å²) in [5, 5.41) is 0.682. The molecule has 1 amide bonds. The summed E-state index contributed by atoms with van der Waals surface area (Å²) in [6.07, 6.45) is 0. The zero-order chi connectivity index (χ0) is 17.9. The van der Waals surface area contributed by atoms with Gasteiger partial charge in [0.1, 0.15) is 0 Å². The number of ether oxygens (including phenoxy) is 1. The van der Waals surface area contributed by atoms with Crippen molar-refractivity contribution >= 4 is 26.9 Å². The molecule has 3 rings (SSSR count). The first-order chi connectivity index (χ1) is 12.0. The highest BCUT2D eigenvalue weighted by Gasteiger charge is 2.18. The molecule has 2 N–H and O–H groups in total. The van der Waals surface area contributed by atoms with Crippen molar-refractivity contribution in [1.29, 1.82) is 0 Å². The standard InChI is InChI=1S/C17H16N2O5S/c1-2-23-14-10-6-7-12-11-15(24-16(12)14)17(20)18-19-25(21,22)13-8-4-3-5-9-13/h3-11,19H,2H2,1H3,(H,18,20). The summed E-state index contributed by atoms with van der Waals surface area (Å²) in [4.78, 5) is 14.3. The number of furan rings is 1. The molecule has 1 heterocycles. The molecule has 0 aliphatic rings. The summed E-state index contributed by atoms with van der Waals surface area (Å²) in [7, 11) is -3.86. The lowest BCUT2D eigenvalue weighted by molar-refractivity contribution is 0.0919. The Balaban J connectivity index is 1.78. The van der Waals surface area contributed by atoms with E-state index in [2.05, 4.69) is 5.43 Å². The van der Waals surface area contributed by atoms with Crippen LogP contribution in [0.15, 0.2) is 63.9 Å². The van der Waals surface area contributed by atoms with Gasteiger partial charge in [0.05, 0.1) is 11.5 Å². The van der Waals surface area contributed by atoms with Crippen molar-refractivity contribution in [2.75, 3.05) is 6.61 Å². The third-order valence-electron chi connectivity index (χ3n) is 3.38. The number of benzene rings is 2. The van der Waals surface area contributed by atoms with Crippen LogP contribution in [0.3, 0.4) is 0 Å². The van der Waals surface area contributed by atoms with E-state index < -0.39 is 15.9 Å². The Labute approximate surface area is 144 Å². The second-order valence-corrected chi connectivity index (χ2v) is 6.77. The van der Waals surface area contributed by atoms with Crippen LogP contribution in [-0.4, -0.2) is 20.9 Å². The van der Waals surface area contributed by atoms with Crippen molar-refractivity contribution in [2.24, 2.45) is 0 Å². The van der Waals surface area contributed by atoms with Crippen LogP contribution < -0.4 is 15.0 Å². The number of hydrazine groups is 1. The summed E-state index contributed by atoms with van der Waals surface area (Å²) >= 11 is 0. The van der Waals surface area contributed by atoms with Gasteiger partial charge in [-0.25, -0.2) is 8.42 Å². The highest BCUT2D eigenvalue weighted by Crippen LogP contribution is 2.28. The number of carbonyl (C=O) groups is 1.